The van der Waals surface area contributed by atoms with E-state index in [1.165, 1.54) is 18.2 Å². The highest BCUT2D eigenvalue weighted by atomic mass is 16.5. The Morgan fingerprint density at radius 1 is 0.962 bits per heavy atom. The smallest absolute Gasteiger partial charge is 0.411 e. The Morgan fingerprint density at radius 2 is 1.58 bits per heavy atom. The van der Waals surface area contributed by atoms with Crippen LogP contribution >= 0.6 is 0 Å². The van der Waals surface area contributed by atoms with E-state index < -0.39 is 6.09 Å². The van der Waals surface area contributed by atoms with Crippen molar-refractivity contribution in [1.29, 1.82) is 0 Å². The summed E-state index contributed by atoms with van der Waals surface area (Å²) in [5.41, 5.74) is 7.60. The minimum absolute atomic E-state index is 0.391. The average Bonchev–Trinajstić information content (AvgIpc) is 2.64. The summed E-state index contributed by atoms with van der Waals surface area (Å²) in [7, 11) is 1.36. The number of aryl methyl sites for hydroxylation is 5. The molecule has 0 radical (unpaired) electrons. The van der Waals surface area contributed by atoms with Gasteiger partial charge in [0.05, 0.1) is 12.8 Å². The summed E-state index contributed by atoms with van der Waals surface area (Å²) < 4.78 is 10.9. The van der Waals surface area contributed by atoms with Crippen molar-refractivity contribution in [1.82, 2.24) is 0 Å². The van der Waals surface area contributed by atoms with Gasteiger partial charge in [0.15, 0.2) is 0 Å². The summed E-state index contributed by atoms with van der Waals surface area (Å²) in [6.45, 7) is 10.8. The summed E-state index contributed by atoms with van der Waals surface area (Å²) >= 11 is 0. The number of methoxy groups -OCH3 is 1. The van der Waals surface area contributed by atoms with Crippen molar-refractivity contribution < 1.29 is 14.3 Å². The lowest BCUT2D eigenvalue weighted by atomic mass is 9.99. The van der Waals surface area contributed by atoms with Gasteiger partial charge in [-0.15, -0.1) is 0 Å². The molecule has 2 rings (SSSR count). The maximum atomic E-state index is 11.7. The van der Waals surface area contributed by atoms with E-state index in [1.807, 2.05) is 26.0 Å². The monoisotopic (exact) mass is 355 g/mol. The van der Waals surface area contributed by atoms with Crippen molar-refractivity contribution in [3.8, 4) is 5.75 Å². The van der Waals surface area contributed by atoms with Gasteiger partial charge in [0.2, 0.25) is 0 Å². The topological polar surface area (TPSA) is 47.6 Å². The predicted octanol–water partition coefficient (Wildman–Crippen LogP) is 5.49. The van der Waals surface area contributed by atoms with E-state index in [1.54, 1.807) is 0 Å². The Kier molecular flexibility index (Phi) is 6.67. The number of hydrogen-bond donors (Lipinski definition) is 1. The van der Waals surface area contributed by atoms with E-state index in [4.69, 9.17) is 9.47 Å². The van der Waals surface area contributed by atoms with Crippen LogP contribution in [0, 0.1) is 20.8 Å². The summed E-state index contributed by atoms with van der Waals surface area (Å²) in [6, 6.07) is 8.39. The first kappa shape index (κ1) is 19.8. The van der Waals surface area contributed by atoms with Crippen molar-refractivity contribution in [2.24, 2.45) is 0 Å². The van der Waals surface area contributed by atoms with Crippen LogP contribution in [-0.2, 0) is 24.2 Å². The molecule has 2 aromatic carbocycles. The Balaban J connectivity index is 2.32. The molecule has 0 aromatic heterocycles. The lowest BCUT2D eigenvalue weighted by Crippen LogP contribution is -2.15. The Morgan fingerprint density at radius 3 is 2.19 bits per heavy atom. The summed E-state index contributed by atoms with van der Waals surface area (Å²) in [5.74, 6) is 0.893. The molecule has 0 aliphatic carbocycles. The summed E-state index contributed by atoms with van der Waals surface area (Å²) in [4.78, 5) is 11.7. The number of anilines is 1. The lowest BCUT2D eigenvalue weighted by Gasteiger charge is -2.18. The molecular weight excluding hydrogens is 326 g/mol. The van der Waals surface area contributed by atoms with Crippen LogP contribution < -0.4 is 10.1 Å². The third kappa shape index (κ3) is 4.37. The van der Waals surface area contributed by atoms with Crippen LogP contribution in [0.5, 0.6) is 5.75 Å². The summed E-state index contributed by atoms with van der Waals surface area (Å²) in [6.07, 6.45) is 1.53. The largest absolute Gasteiger partial charge is 0.489 e. The minimum Gasteiger partial charge on any atom is -0.489 e. The fourth-order valence-electron chi connectivity index (χ4n) is 3.14. The molecule has 0 saturated carbocycles. The predicted molar refractivity (Wildman–Crippen MR) is 106 cm³/mol. The highest BCUT2D eigenvalue weighted by Crippen LogP contribution is 2.29. The zero-order valence-electron chi connectivity index (χ0n) is 16.7. The third-order valence-electron chi connectivity index (χ3n) is 4.80. The standard InChI is InChI=1S/C22H29NO3/c1-7-17-11-16(5)20(12-18(17)8-2)26-13-19-14(3)9-10-15(4)21(19)23-22(24)25-6/h9-12H,7-8,13H2,1-6H3,(H,23,24). The first-order chi connectivity index (χ1) is 12.4. The lowest BCUT2D eigenvalue weighted by molar-refractivity contribution is 0.187. The molecule has 2 aromatic rings. The first-order valence-electron chi connectivity index (χ1n) is 9.10. The van der Waals surface area contributed by atoms with Crippen molar-refractivity contribution >= 4 is 11.8 Å². The number of amides is 1. The zero-order chi connectivity index (χ0) is 19.3. The first-order valence-corrected chi connectivity index (χ1v) is 9.10. The number of carbonyl (C=O) groups excluding carboxylic acids is 1. The molecule has 140 valence electrons. The van der Waals surface area contributed by atoms with Crippen LogP contribution in [0.4, 0.5) is 10.5 Å². The number of nitrogens with one attached hydrogen (secondary N) is 1. The fourth-order valence-corrected chi connectivity index (χ4v) is 3.14. The van der Waals surface area contributed by atoms with Crippen molar-refractivity contribution in [2.75, 3.05) is 12.4 Å². The van der Waals surface area contributed by atoms with Crippen molar-refractivity contribution in [3.05, 3.63) is 57.6 Å². The highest BCUT2D eigenvalue weighted by Gasteiger charge is 2.14. The second-order valence-electron chi connectivity index (χ2n) is 6.55. The number of carbonyl (C=O) groups is 1. The van der Waals surface area contributed by atoms with E-state index in [9.17, 15) is 4.79 Å². The number of benzene rings is 2. The zero-order valence-corrected chi connectivity index (χ0v) is 16.7. The van der Waals surface area contributed by atoms with Gasteiger partial charge < -0.3 is 9.47 Å². The van der Waals surface area contributed by atoms with Gasteiger partial charge in [-0.05, 0) is 67.5 Å². The van der Waals surface area contributed by atoms with Gasteiger partial charge in [-0.2, -0.15) is 0 Å². The molecule has 0 aliphatic heterocycles. The Labute approximate surface area is 156 Å². The second-order valence-corrected chi connectivity index (χ2v) is 6.55. The molecule has 0 bridgehead atoms. The number of hydrogen-bond acceptors (Lipinski definition) is 3. The van der Waals surface area contributed by atoms with Crippen LogP contribution in [0.25, 0.3) is 0 Å². The van der Waals surface area contributed by atoms with Crippen LogP contribution in [0.2, 0.25) is 0 Å². The molecule has 4 nitrogen and oxygen atoms in total. The molecule has 1 N–H and O–H groups in total. The maximum absolute atomic E-state index is 11.7. The highest BCUT2D eigenvalue weighted by molar-refractivity contribution is 5.87. The van der Waals surface area contributed by atoms with Gasteiger partial charge >= 0.3 is 6.09 Å². The van der Waals surface area contributed by atoms with E-state index in [0.717, 1.165) is 46.5 Å². The van der Waals surface area contributed by atoms with Crippen LogP contribution in [0.3, 0.4) is 0 Å². The molecule has 0 saturated heterocycles. The number of ether oxygens (including phenoxy) is 2. The van der Waals surface area contributed by atoms with Crippen LogP contribution in [0.1, 0.15) is 47.2 Å². The SMILES string of the molecule is CCc1cc(C)c(OCc2c(C)ccc(C)c2NC(=O)OC)cc1CC. The van der Waals surface area contributed by atoms with E-state index in [-0.39, 0.29) is 0 Å². The molecule has 0 unspecified atom stereocenters. The van der Waals surface area contributed by atoms with E-state index >= 15 is 0 Å². The van der Waals surface area contributed by atoms with Gasteiger partial charge in [-0.1, -0.05) is 32.0 Å². The molecule has 0 atom stereocenters. The molecule has 0 fully saturated rings. The molecule has 1 amide bonds. The Hall–Kier alpha value is -2.49. The normalized spacial score (nSPS) is 10.5. The molecular formula is C22H29NO3. The molecule has 26 heavy (non-hydrogen) atoms. The van der Waals surface area contributed by atoms with Crippen LogP contribution in [-0.4, -0.2) is 13.2 Å². The van der Waals surface area contributed by atoms with Gasteiger partial charge in [0.25, 0.3) is 0 Å². The third-order valence-corrected chi connectivity index (χ3v) is 4.80. The van der Waals surface area contributed by atoms with E-state index in [2.05, 4.69) is 38.2 Å². The maximum Gasteiger partial charge on any atom is 0.411 e. The molecule has 0 heterocycles. The van der Waals surface area contributed by atoms with Crippen molar-refractivity contribution in [2.45, 2.75) is 54.1 Å². The average molecular weight is 355 g/mol. The van der Waals surface area contributed by atoms with E-state index in [0.29, 0.717) is 6.61 Å². The quantitative estimate of drug-likeness (QED) is 0.745. The second kappa shape index (κ2) is 8.75. The van der Waals surface area contributed by atoms with Gasteiger partial charge in [0, 0.05) is 5.56 Å². The Bertz CT molecular complexity index is 796. The molecule has 0 aliphatic rings. The molecule has 0 spiro atoms. The van der Waals surface area contributed by atoms with Gasteiger partial charge in [-0.3, -0.25) is 5.32 Å². The van der Waals surface area contributed by atoms with Gasteiger partial charge in [-0.25, -0.2) is 4.79 Å². The molecule has 4 heteroatoms. The fraction of sp³-hybridized carbons (Fsp3) is 0.409. The van der Waals surface area contributed by atoms with Crippen molar-refractivity contribution in [3.63, 3.8) is 0 Å². The minimum atomic E-state index is -0.475. The van der Waals surface area contributed by atoms with Crippen LogP contribution in [0.15, 0.2) is 24.3 Å². The van der Waals surface area contributed by atoms with Gasteiger partial charge in [0.1, 0.15) is 12.4 Å². The number of rotatable bonds is 6. The summed E-state index contributed by atoms with van der Waals surface area (Å²) in [5, 5.41) is 2.82.